The number of aryl methyl sites for hydroxylation is 2. The summed E-state index contributed by atoms with van der Waals surface area (Å²) in [7, 11) is 0. The zero-order valence-electron chi connectivity index (χ0n) is 22.8. The molecular formula is C30H28ClFN6O3. The van der Waals surface area contributed by atoms with Gasteiger partial charge in [-0.05, 0) is 68.4 Å². The van der Waals surface area contributed by atoms with Gasteiger partial charge in [0.15, 0.2) is 11.3 Å². The minimum Gasteiger partial charge on any atom is -0.350 e. The second-order valence-corrected chi connectivity index (χ2v) is 11.5. The Balaban J connectivity index is 1.26. The molecule has 2 amide bonds. The van der Waals surface area contributed by atoms with E-state index in [9.17, 15) is 18.8 Å². The van der Waals surface area contributed by atoms with Gasteiger partial charge in [-0.25, -0.2) is 14.4 Å². The van der Waals surface area contributed by atoms with Crippen molar-refractivity contribution in [1.29, 1.82) is 0 Å². The number of likely N-dealkylation sites (tertiary alicyclic amines) is 1. The largest absolute Gasteiger partial charge is 0.350 e. The van der Waals surface area contributed by atoms with Gasteiger partial charge >= 0.3 is 0 Å². The molecule has 2 aliphatic heterocycles. The van der Waals surface area contributed by atoms with Crippen LogP contribution in [0.4, 0.5) is 10.1 Å². The SMILES string of the molecule is CC(=O)C1(CC(=O)N2C[C@H]3C[C@H]3[C@H]2C(=O)NCc2cccc(Cl)c2F)N=Nc2c(C)cc(-c3cnc(C)nc3)cc21. The van der Waals surface area contributed by atoms with E-state index in [4.69, 9.17) is 11.6 Å². The summed E-state index contributed by atoms with van der Waals surface area (Å²) >= 11 is 5.88. The Morgan fingerprint density at radius 2 is 1.90 bits per heavy atom. The standard InChI is InChI=1S/C30H28ClFN6O3/c1-15-7-19(21-12-33-17(3)34-13-21)9-23-27(15)36-37-30(23,16(2)39)10-25(40)38-14-20-8-22(20)28(38)29(41)35-11-18-5-4-6-24(31)26(18)32/h4-7,9,12-13,20,22,28H,8,10-11,14H2,1-3H3,(H,35,41)/t20-,22-,28+,30?/m1/s1. The normalized spacial score (nSPS) is 23.7. The topological polar surface area (TPSA) is 117 Å². The van der Waals surface area contributed by atoms with Crippen molar-refractivity contribution in [3.63, 3.8) is 0 Å². The highest BCUT2D eigenvalue weighted by molar-refractivity contribution is 6.30. The quantitative estimate of drug-likeness (QED) is 0.427. The fourth-order valence-electron chi connectivity index (χ4n) is 5.99. The molecule has 41 heavy (non-hydrogen) atoms. The number of aromatic nitrogens is 2. The Morgan fingerprint density at radius 1 is 1.15 bits per heavy atom. The van der Waals surface area contributed by atoms with Gasteiger partial charge in [-0.15, -0.1) is 0 Å². The number of Topliss-reactive ketones (excluding diaryl/α,β-unsaturated/α-hetero) is 1. The van der Waals surface area contributed by atoms with E-state index in [0.717, 1.165) is 23.1 Å². The Labute approximate surface area is 241 Å². The lowest BCUT2D eigenvalue weighted by Gasteiger charge is -2.30. The van der Waals surface area contributed by atoms with Crippen molar-refractivity contribution in [3.05, 3.63) is 76.1 Å². The fourth-order valence-corrected chi connectivity index (χ4v) is 6.18. The number of ketones is 1. The summed E-state index contributed by atoms with van der Waals surface area (Å²) in [5.74, 6) is -0.714. The molecule has 4 atom stereocenters. The molecule has 1 aliphatic carbocycles. The Hall–Kier alpha value is -4.05. The molecular weight excluding hydrogens is 547 g/mol. The second kappa shape index (κ2) is 10.1. The maximum absolute atomic E-state index is 14.4. The van der Waals surface area contributed by atoms with Gasteiger partial charge in [0.25, 0.3) is 0 Å². The average Bonchev–Trinajstić information content (AvgIpc) is 3.44. The molecule has 6 rings (SSSR count). The summed E-state index contributed by atoms with van der Waals surface area (Å²) in [6.07, 6.45) is 4.01. The van der Waals surface area contributed by atoms with Crippen molar-refractivity contribution in [2.45, 2.75) is 51.7 Å². The van der Waals surface area contributed by atoms with Crippen molar-refractivity contribution < 1.29 is 18.8 Å². The number of halogens is 2. The van der Waals surface area contributed by atoms with E-state index in [1.165, 1.54) is 13.0 Å². The van der Waals surface area contributed by atoms with E-state index < -0.39 is 17.4 Å². The van der Waals surface area contributed by atoms with Crippen molar-refractivity contribution in [1.82, 2.24) is 20.2 Å². The summed E-state index contributed by atoms with van der Waals surface area (Å²) in [4.78, 5) is 50.5. The number of azo groups is 1. The molecule has 3 heterocycles. The van der Waals surface area contributed by atoms with Gasteiger partial charge in [0.1, 0.15) is 17.7 Å². The van der Waals surface area contributed by atoms with Crippen LogP contribution < -0.4 is 5.32 Å². The number of hydrogen-bond acceptors (Lipinski definition) is 7. The number of carbonyl (C=O) groups is 3. The molecule has 1 saturated carbocycles. The van der Waals surface area contributed by atoms with Crippen LogP contribution in [0.15, 0.2) is 53.0 Å². The molecule has 1 N–H and O–H groups in total. The Morgan fingerprint density at radius 3 is 2.63 bits per heavy atom. The Bertz CT molecular complexity index is 1630. The molecule has 1 saturated heterocycles. The lowest BCUT2D eigenvalue weighted by Crippen LogP contribution is -2.50. The maximum Gasteiger partial charge on any atom is 0.243 e. The molecule has 0 radical (unpaired) electrons. The number of hydrogen-bond donors (Lipinski definition) is 1. The third-order valence-electron chi connectivity index (χ3n) is 8.39. The van der Waals surface area contributed by atoms with Crippen LogP contribution >= 0.6 is 11.6 Å². The van der Waals surface area contributed by atoms with E-state index in [1.807, 2.05) is 19.1 Å². The summed E-state index contributed by atoms with van der Waals surface area (Å²) < 4.78 is 14.4. The minimum atomic E-state index is -1.50. The van der Waals surface area contributed by atoms with Crippen LogP contribution in [-0.2, 0) is 26.5 Å². The number of nitrogens with zero attached hydrogens (tertiary/aromatic N) is 5. The molecule has 3 aromatic rings. The van der Waals surface area contributed by atoms with E-state index in [1.54, 1.807) is 36.4 Å². The molecule has 2 fully saturated rings. The first-order valence-corrected chi connectivity index (χ1v) is 13.8. The van der Waals surface area contributed by atoms with Crippen molar-refractivity contribution >= 4 is 34.9 Å². The number of piperidine rings is 1. The molecule has 3 aliphatic rings. The summed E-state index contributed by atoms with van der Waals surface area (Å²) in [5.41, 5.74) is 2.24. The van der Waals surface area contributed by atoms with Crippen LogP contribution in [0.5, 0.6) is 0 Å². The van der Waals surface area contributed by atoms with Gasteiger partial charge in [-0.1, -0.05) is 23.7 Å². The molecule has 11 heteroatoms. The lowest BCUT2D eigenvalue weighted by molar-refractivity contribution is -0.142. The van der Waals surface area contributed by atoms with Crippen molar-refractivity contribution in [2.75, 3.05) is 6.54 Å². The zero-order chi connectivity index (χ0) is 29.1. The van der Waals surface area contributed by atoms with Gasteiger partial charge in [0, 0.05) is 42.2 Å². The molecule has 9 nitrogen and oxygen atoms in total. The molecule has 0 spiro atoms. The monoisotopic (exact) mass is 574 g/mol. The Kier molecular flexibility index (Phi) is 6.68. The number of fused-ring (bicyclic) bond motifs is 2. The summed E-state index contributed by atoms with van der Waals surface area (Å²) in [6.45, 7) is 5.46. The number of benzene rings is 2. The molecule has 2 aromatic carbocycles. The molecule has 1 aromatic heterocycles. The molecule has 210 valence electrons. The first-order chi connectivity index (χ1) is 19.6. The first kappa shape index (κ1) is 27.1. The fraction of sp³-hybridized carbons (Fsp3) is 0.367. The third kappa shape index (κ3) is 4.69. The maximum atomic E-state index is 14.4. The van der Waals surface area contributed by atoms with Crippen molar-refractivity contribution in [3.8, 4) is 11.1 Å². The van der Waals surface area contributed by atoms with E-state index in [0.29, 0.717) is 23.6 Å². The van der Waals surface area contributed by atoms with Gasteiger partial charge in [-0.3, -0.25) is 14.4 Å². The van der Waals surface area contributed by atoms with Crippen LogP contribution in [0.1, 0.15) is 42.3 Å². The highest BCUT2D eigenvalue weighted by atomic mass is 35.5. The molecule has 1 unspecified atom stereocenters. The van der Waals surface area contributed by atoms with Gasteiger partial charge in [0.2, 0.25) is 11.8 Å². The number of amides is 2. The van der Waals surface area contributed by atoms with Crippen LogP contribution in [0.2, 0.25) is 5.02 Å². The minimum absolute atomic E-state index is 0.0227. The predicted molar refractivity (Wildman–Crippen MR) is 149 cm³/mol. The van der Waals surface area contributed by atoms with E-state index in [2.05, 4.69) is 25.5 Å². The summed E-state index contributed by atoms with van der Waals surface area (Å²) in [5, 5.41) is 11.5. The van der Waals surface area contributed by atoms with Gasteiger partial charge < -0.3 is 10.2 Å². The number of rotatable bonds is 7. The number of carbonyl (C=O) groups excluding carboxylic acids is 3. The second-order valence-electron chi connectivity index (χ2n) is 11.1. The van der Waals surface area contributed by atoms with Gasteiger partial charge in [-0.2, -0.15) is 10.2 Å². The van der Waals surface area contributed by atoms with Gasteiger partial charge in [0.05, 0.1) is 17.1 Å². The lowest BCUT2D eigenvalue weighted by atomic mass is 9.81. The smallest absolute Gasteiger partial charge is 0.243 e. The molecule has 0 bridgehead atoms. The van der Waals surface area contributed by atoms with Crippen LogP contribution in [0.3, 0.4) is 0 Å². The van der Waals surface area contributed by atoms with Crippen molar-refractivity contribution in [2.24, 2.45) is 22.1 Å². The predicted octanol–water partition coefficient (Wildman–Crippen LogP) is 4.99. The summed E-state index contributed by atoms with van der Waals surface area (Å²) in [6, 6.07) is 7.67. The first-order valence-electron chi connectivity index (χ1n) is 13.5. The van der Waals surface area contributed by atoms with E-state index >= 15 is 0 Å². The zero-order valence-corrected chi connectivity index (χ0v) is 23.6. The average molecular weight is 575 g/mol. The highest BCUT2D eigenvalue weighted by Gasteiger charge is 2.58. The third-order valence-corrected chi connectivity index (χ3v) is 8.69. The highest BCUT2D eigenvalue weighted by Crippen LogP contribution is 2.52. The van der Waals surface area contributed by atoms with E-state index in [-0.39, 0.29) is 53.0 Å². The van der Waals surface area contributed by atoms with Crippen LogP contribution in [0, 0.1) is 31.5 Å². The van der Waals surface area contributed by atoms with Crippen LogP contribution in [-0.4, -0.2) is 45.1 Å². The number of nitrogens with one attached hydrogen (secondary N) is 1. The van der Waals surface area contributed by atoms with Crippen LogP contribution in [0.25, 0.3) is 11.1 Å².